The highest BCUT2D eigenvalue weighted by atomic mass is 16.2. The molecule has 1 N–H and O–H groups in total. The van der Waals surface area contributed by atoms with E-state index in [4.69, 9.17) is 0 Å². The SMILES string of the molecule is Cc1ccc2c(c1)C1(C(=O)N2)C(C(=O)c2ccccc2)C1C(=O)c1ccccc1. The monoisotopic (exact) mass is 381 g/mol. The number of rotatable bonds is 4. The lowest BCUT2D eigenvalue weighted by atomic mass is 9.89. The second-order valence-corrected chi connectivity index (χ2v) is 7.79. The third-order valence-corrected chi connectivity index (χ3v) is 6.13. The van der Waals surface area contributed by atoms with Crippen LogP contribution >= 0.6 is 0 Å². The Labute approximate surface area is 168 Å². The number of fused-ring (bicyclic) bond motifs is 2. The molecule has 1 aliphatic carbocycles. The maximum atomic E-state index is 13.4. The molecule has 1 aliphatic heterocycles. The molecule has 0 radical (unpaired) electrons. The van der Waals surface area contributed by atoms with E-state index in [1.54, 1.807) is 48.5 Å². The summed E-state index contributed by atoms with van der Waals surface area (Å²) < 4.78 is 0. The molecule has 2 atom stereocenters. The number of hydrogen-bond acceptors (Lipinski definition) is 3. The summed E-state index contributed by atoms with van der Waals surface area (Å²) in [7, 11) is 0. The van der Waals surface area contributed by atoms with Crippen LogP contribution in [0.2, 0.25) is 0 Å². The van der Waals surface area contributed by atoms with Crippen LogP contribution in [0, 0.1) is 18.8 Å². The van der Waals surface area contributed by atoms with E-state index < -0.39 is 17.3 Å². The largest absolute Gasteiger partial charge is 0.325 e. The van der Waals surface area contributed by atoms with Crippen molar-refractivity contribution in [2.24, 2.45) is 11.8 Å². The Morgan fingerprint density at radius 1 is 0.793 bits per heavy atom. The van der Waals surface area contributed by atoms with Crippen molar-refractivity contribution in [3.63, 3.8) is 0 Å². The molecule has 1 heterocycles. The molecule has 0 saturated heterocycles. The van der Waals surface area contributed by atoms with Gasteiger partial charge in [0.1, 0.15) is 0 Å². The van der Waals surface area contributed by atoms with Gasteiger partial charge in [0.15, 0.2) is 11.6 Å². The van der Waals surface area contributed by atoms with Crippen LogP contribution in [0.4, 0.5) is 5.69 Å². The zero-order valence-corrected chi connectivity index (χ0v) is 15.9. The molecule has 2 unspecified atom stereocenters. The summed E-state index contributed by atoms with van der Waals surface area (Å²) in [6.45, 7) is 1.95. The number of carbonyl (C=O) groups is 3. The van der Waals surface area contributed by atoms with Crippen molar-refractivity contribution >= 4 is 23.2 Å². The predicted molar refractivity (Wildman–Crippen MR) is 110 cm³/mol. The zero-order chi connectivity index (χ0) is 20.2. The smallest absolute Gasteiger partial charge is 0.236 e. The van der Waals surface area contributed by atoms with E-state index in [1.807, 2.05) is 37.3 Å². The average molecular weight is 381 g/mol. The minimum atomic E-state index is -1.14. The highest BCUT2D eigenvalue weighted by Gasteiger charge is 2.78. The van der Waals surface area contributed by atoms with Gasteiger partial charge in [-0.05, 0) is 18.6 Å². The Balaban J connectivity index is 1.66. The van der Waals surface area contributed by atoms with E-state index in [2.05, 4.69) is 5.32 Å². The summed E-state index contributed by atoms with van der Waals surface area (Å²) in [6.07, 6.45) is 0. The quantitative estimate of drug-likeness (QED) is 0.689. The molecule has 1 spiro atoms. The number of anilines is 1. The fraction of sp³-hybridized carbons (Fsp3) is 0.160. The van der Waals surface area contributed by atoms with E-state index >= 15 is 0 Å². The number of nitrogens with one attached hydrogen (secondary N) is 1. The molecular weight excluding hydrogens is 362 g/mol. The molecule has 4 heteroatoms. The van der Waals surface area contributed by atoms with Gasteiger partial charge in [0.05, 0.1) is 17.3 Å². The molecule has 0 bridgehead atoms. The fourth-order valence-electron chi connectivity index (χ4n) is 4.74. The summed E-state index contributed by atoms with van der Waals surface area (Å²) in [4.78, 5) is 40.0. The van der Waals surface area contributed by atoms with Crippen LogP contribution in [0.15, 0.2) is 78.9 Å². The highest BCUT2D eigenvalue weighted by Crippen LogP contribution is 2.66. The molecule has 142 valence electrons. The van der Waals surface area contributed by atoms with E-state index in [0.29, 0.717) is 16.8 Å². The Kier molecular flexibility index (Phi) is 3.78. The molecule has 5 rings (SSSR count). The van der Waals surface area contributed by atoms with Crippen LogP contribution < -0.4 is 5.32 Å². The molecule has 29 heavy (non-hydrogen) atoms. The highest BCUT2D eigenvalue weighted by molar-refractivity contribution is 6.22. The van der Waals surface area contributed by atoms with Gasteiger partial charge in [-0.3, -0.25) is 14.4 Å². The van der Waals surface area contributed by atoms with Crippen LogP contribution in [-0.4, -0.2) is 17.5 Å². The Morgan fingerprint density at radius 2 is 1.31 bits per heavy atom. The lowest BCUT2D eigenvalue weighted by molar-refractivity contribution is -0.118. The van der Waals surface area contributed by atoms with E-state index in [0.717, 1.165) is 11.1 Å². The summed E-state index contributed by atoms with van der Waals surface area (Å²) in [5.74, 6) is -2.00. The fourth-order valence-corrected chi connectivity index (χ4v) is 4.74. The lowest BCUT2D eigenvalue weighted by Crippen LogP contribution is -2.26. The standard InChI is InChI=1S/C25H19NO3/c1-15-12-13-19-18(14-15)25(24(29)26-19)20(22(27)16-8-4-2-5-9-16)21(25)23(28)17-10-6-3-7-11-17/h2-14,20-21H,1H3,(H,26,29). The third-order valence-electron chi connectivity index (χ3n) is 6.13. The summed E-state index contributed by atoms with van der Waals surface area (Å²) >= 11 is 0. The van der Waals surface area contributed by atoms with Crippen molar-refractivity contribution in [1.82, 2.24) is 0 Å². The van der Waals surface area contributed by atoms with Crippen molar-refractivity contribution in [2.75, 3.05) is 5.32 Å². The van der Waals surface area contributed by atoms with Crippen molar-refractivity contribution in [3.05, 3.63) is 101 Å². The number of benzene rings is 3. The first-order valence-electron chi connectivity index (χ1n) is 9.66. The van der Waals surface area contributed by atoms with Crippen LogP contribution in [0.1, 0.15) is 31.8 Å². The molecule has 1 saturated carbocycles. The maximum Gasteiger partial charge on any atom is 0.236 e. The van der Waals surface area contributed by atoms with Gasteiger partial charge in [-0.1, -0.05) is 78.4 Å². The van der Waals surface area contributed by atoms with E-state index in [9.17, 15) is 14.4 Å². The maximum absolute atomic E-state index is 13.4. The first-order valence-corrected chi connectivity index (χ1v) is 9.66. The molecular formula is C25H19NO3. The Bertz CT molecular complexity index is 1090. The number of carbonyl (C=O) groups excluding carboxylic acids is 3. The zero-order valence-electron chi connectivity index (χ0n) is 15.9. The van der Waals surface area contributed by atoms with Gasteiger partial charge in [0.2, 0.25) is 5.91 Å². The van der Waals surface area contributed by atoms with Crippen molar-refractivity contribution in [3.8, 4) is 0 Å². The molecule has 0 aromatic heterocycles. The third kappa shape index (κ3) is 2.42. The number of amides is 1. The number of ketones is 2. The molecule has 3 aromatic carbocycles. The molecule has 1 amide bonds. The molecule has 1 fully saturated rings. The minimum Gasteiger partial charge on any atom is -0.325 e. The minimum absolute atomic E-state index is 0.163. The Morgan fingerprint density at radius 3 is 1.83 bits per heavy atom. The Hall–Kier alpha value is -3.53. The van der Waals surface area contributed by atoms with Gasteiger partial charge >= 0.3 is 0 Å². The lowest BCUT2D eigenvalue weighted by Gasteiger charge is -2.10. The summed E-state index contributed by atoms with van der Waals surface area (Å²) in [5, 5.41) is 2.91. The topological polar surface area (TPSA) is 63.2 Å². The van der Waals surface area contributed by atoms with Crippen molar-refractivity contribution < 1.29 is 14.4 Å². The van der Waals surface area contributed by atoms with Gasteiger partial charge in [-0.25, -0.2) is 0 Å². The van der Waals surface area contributed by atoms with E-state index in [-0.39, 0.29) is 17.5 Å². The second kappa shape index (κ2) is 6.24. The van der Waals surface area contributed by atoms with Crippen LogP contribution in [0.3, 0.4) is 0 Å². The summed E-state index contributed by atoms with van der Waals surface area (Å²) in [5.41, 5.74) is 2.34. The number of aryl methyl sites for hydroxylation is 1. The normalized spacial score (nSPS) is 24.1. The summed E-state index contributed by atoms with van der Waals surface area (Å²) in [6, 6.07) is 23.5. The second-order valence-electron chi connectivity index (χ2n) is 7.79. The van der Waals surface area contributed by atoms with Gasteiger partial charge in [0.25, 0.3) is 0 Å². The van der Waals surface area contributed by atoms with Crippen molar-refractivity contribution in [2.45, 2.75) is 12.3 Å². The average Bonchev–Trinajstić information content (AvgIpc) is 3.38. The van der Waals surface area contributed by atoms with Crippen LogP contribution in [-0.2, 0) is 10.2 Å². The van der Waals surface area contributed by atoms with Gasteiger partial charge in [-0.2, -0.15) is 0 Å². The first kappa shape index (κ1) is 17.6. The molecule has 2 aliphatic rings. The van der Waals surface area contributed by atoms with Crippen LogP contribution in [0.25, 0.3) is 0 Å². The van der Waals surface area contributed by atoms with Crippen LogP contribution in [0.5, 0.6) is 0 Å². The molecule has 3 aromatic rings. The first-order chi connectivity index (χ1) is 14.0. The molecule has 4 nitrogen and oxygen atoms in total. The van der Waals surface area contributed by atoms with Gasteiger partial charge < -0.3 is 5.32 Å². The predicted octanol–water partition coefficient (Wildman–Crippen LogP) is 4.20. The van der Waals surface area contributed by atoms with Crippen molar-refractivity contribution in [1.29, 1.82) is 0 Å². The van der Waals surface area contributed by atoms with E-state index in [1.165, 1.54) is 0 Å². The number of Topliss-reactive ketones (excluding diaryl/α,β-unsaturated/α-hetero) is 2. The van der Waals surface area contributed by atoms with Gasteiger partial charge in [0, 0.05) is 16.8 Å². The number of hydrogen-bond donors (Lipinski definition) is 1. The van der Waals surface area contributed by atoms with Gasteiger partial charge in [-0.15, -0.1) is 0 Å².